The van der Waals surface area contributed by atoms with Gasteiger partial charge in [-0.2, -0.15) is 5.10 Å². The van der Waals surface area contributed by atoms with Crippen molar-refractivity contribution in [3.05, 3.63) is 89.2 Å². The molecule has 1 aromatic heterocycles. The second-order valence-corrected chi connectivity index (χ2v) is 6.75. The van der Waals surface area contributed by atoms with Crippen molar-refractivity contribution in [1.29, 1.82) is 0 Å². The van der Waals surface area contributed by atoms with Gasteiger partial charge in [0.25, 0.3) is 5.56 Å². The zero-order chi connectivity index (χ0) is 20.9. The third kappa shape index (κ3) is 4.22. The smallest absolute Gasteiger partial charge is 0.267 e. The van der Waals surface area contributed by atoms with Crippen molar-refractivity contribution in [3.63, 3.8) is 0 Å². The average molecular weight is 399 g/mol. The molecular formula is C24H21N3O3. The van der Waals surface area contributed by atoms with Gasteiger partial charge in [0.05, 0.1) is 12.3 Å². The van der Waals surface area contributed by atoms with Crippen LogP contribution in [0.4, 0.5) is 5.69 Å². The van der Waals surface area contributed by atoms with Crippen molar-refractivity contribution in [2.45, 2.75) is 13.5 Å². The summed E-state index contributed by atoms with van der Waals surface area (Å²) in [6.45, 7) is 2.34. The zero-order valence-electron chi connectivity index (χ0n) is 16.5. The van der Waals surface area contributed by atoms with Gasteiger partial charge in [-0.05, 0) is 48.7 Å². The highest BCUT2D eigenvalue weighted by molar-refractivity contribution is 6.01. The van der Waals surface area contributed by atoms with Crippen LogP contribution in [0.5, 0.6) is 5.75 Å². The first-order valence-corrected chi connectivity index (χ1v) is 9.73. The summed E-state index contributed by atoms with van der Waals surface area (Å²) in [5, 5.41) is 9.22. The first-order valence-electron chi connectivity index (χ1n) is 9.73. The number of aromatic nitrogens is 2. The van der Waals surface area contributed by atoms with Crippen LogP contribution >= 0.6 is 0 Å². The Morgan fingerprint density at radius 3 is 2.53 bits per heavy atom. The number of carbonyl (C=O) groups is 1. The summed E-state index contributed by atoms with van der Waals surface area (Å²) in [7, 11) is 0. The van der Waals surface area contributed by atoms with E-state index in [9.17, 15) is 9.59 Å². The number of hydrogen-bond acceptors (Lipinski definition) is 4. The number of benzene rings is 3. The Morgan fingerprint density at radius 2 is 1.73 bits per heavy atom. The first-order chi connectivity index (χ1) is 14.6. The van der Waals surface area contributed by atoms with E-state index in [1.165, 1.54) is 10.7 Å². The third-order valence-corrected chi connectivity index (χ3v) is 4.68. The number of amides is 1. The van der Waals surface area contributed by atoms with Crippen molar-refractivity contribution >= 4 is 22.4 Å². The summed E-state index contributed by atoms with van der Waals surface area (Å²) in [6.07, 6.45) is 0. The summed E-state index contributed by atoms with van der Waals surface area (Å²) in [5.74, 6) is 0.453. The van der Waals surface area contributed by atoms with E-state index >= 15 is 0 Å². The lowest BCUT2D eigenvalue weighted by atomic mass is 10.1. The molecule has 0 fully saturated rings. The van der Waals surface area contributed by atoms with Gasteiger partial charge in [-0.25, -0.2) is 4.68 Å². The second kappa shape index (κ2) is 8.61. The van der Waals surface area contributed by atoms with Crippen LogP contribution in [0.25, 0.3) is 22.0 Å². The Bertz CT molecular complexity index is 1240. The maximum Gasteiger partial charge on any atom is 0.267 e. The molecule has 1 heterocycles. The quantitative estimate of drug-likeness (QED) is 0.530. The molecule has 4 rings (SSSR count). The SMILES string of the molecule is CCOc1ccc(-c2ccc(=O)n(CC(=O)Nc3cccc4ccccc34)n2)cc1. The van der Waals surface area contributed by atoms with Crippen molar-refractivity contribution < 1.29 is 9.53 Å². The highest BCUT2D eigenvalue weighted by Gasteiger charge is 2.10. The number of fused-ring (bicyclic) bond motifs is 1. The predicted molar refractivity (Wildman–Crippen MR) is 118 cm³/mol. The second-order valence-electron chi connectivity index (χ2n) is 6.75. The number of hydrogen-bond donors (Lipinski definition) is 1. The summed E-state index contributed by atoms with van der Waals surface area (Å²) in [5.41, 5.74) is 1.81. The summed E-state index contributed by atoms with van der Waals surface area (Å²) >= 11 is 0. The van der Waals surface area contributed by atoms with E-state index in [0.29, 0.717) is 18.0 Å². The standard InChI is InChI=1S/C24H21N3O3/c1-2-30-19-12-10-18(11-13-19)21-14-15-24(29)27(26-21)16-23(28)25-22-9-5-7-17-6-3-4-8-20(17)22/h3-15H,2,16H2,1H3,(H,25,28). The van der Waals surface area contributed by atoms with E-state index in [4.69, 9.17) is 4.74 Å². The van der Waals surface area contributed by atoms with E-state index in [0.717, 1.165) is 22.1 Å². The highest BCUT2D eigenvalue weighted by Crippen LogP contribution is 2.23. The first kappa shape index (κ1) is 19.4. The fourth-order valence-electron chi connectivity index (χ4n) is 3.26. The predicted octanol–water partition coefficient (Wildman–Crippen LogP) is 4.10. The molecule has 0 atom stereocenters. The molecule has 6 nitrogen and oxygen atoms in total. The number of rotatable bonds is 6. The maximum atomic E-state index is 12.6. The Kier molecular flexibility index (Phi) is 5.57. The van der Waals surface area contributed by atoms with E-state index in [1.807, 2.05) is 73.7 Å². The zero-order valence-corrected chi connectivity index (χ0v) is 16.5. The van der Waals surface area contributed by atoms with Crippen LogP contribution in [0, 0.1) is 0 Å². The molecule has 30 heavy (non-hydrogen) atoms. The van der Waals surface area contributed by atoms with Gasteiger partial charge in [0.15, 0.2) is 0 Å². The van der Waals surface area contributed by atoms with Crippen LogP contribution in [0.3, 0.4) is 0 Å². The van der Waals surface area contributed by atoms with Gasteiger partial charge < -0.3 is 10.1 Å². The fourth-order valence-corrected chi connectivity index (χ4v) is 3.26. The van der Waals surface area contributed by atoms with Crippen LogP contribution in [0.2, 0.25) is 0 Å². The minimum Gasteiger partial charge on any atom is -0.494 e. The molecule has 0 saturated carbocycles. The lowest BCUT2D eigenvalue weighted by Crippen LogP contribution is -2.29. The number of carbonyl (C=O) groups excluding carboxylic acids is 1. The van der Waals surface area contributed by atoms with E-state index < -0.39 is 0 Å². The van der Waals surface area contributed by atoms with E-state index in [-0.39, 0.29) is 18.0 Å². The third-order valence-electron chi connectivity index (χ3n) is 4.68. The molecule has 0 unspecified atom stereocenters. The van der Waals surface area contributed by atoms with Crippen LogP contribution in [-0.4, -0.2) is 22.3 Å². The van der Waals surface area contributed by atoms with Gasteiger partial charge in [-0.1, -0.05) is 36.4 Å². The van der Waals surface area contributed by atoms with Gasteiger partial charge in [-0.15, -0.1) is 0 Å². The molecule has 0 bridgehead atoms. The van der Waals surface area contributed by atoms with Crippen LogP contribution < -0.4 is 15.6 Å². The average Bonchev–Trinajstić information content (AvgIpc) is 2.76. The molecule has 0 radical (unpaired) electrons. The van der Waals surface area contributed by atoms with E-state index in [1.54, 1.807) is 6.07 Å². The van der Waals surface area contributed by atoms with Crippen molar-refractivity contribution in [2.24, 2.45) is 0 Å². The number of ether oxygens (including phenoxy) is 1. The molecule has 0 aliphatic carbocycles. The van der Waals surface area contributed by atoms with Gasteiger partial charge in [-0.3, -0.25) is 9.59 Å². The van der Waals surface area contributed by atoms with Gasteiger partial charge in [0.2, 0.25) is 5.91 Å². The van der Waals surface area contributed by atoms with Gasteiger partial charge in [0, 0.05) is 22.7 Å². The normalized spacial score (nSPS) is 10.7. The van der Waals surface area contributed by atoms with Gasteiger partial charge in [0.1, 0.15) is 12.3 Å². The molecule has 0 spiro atoms. The monoisotopic (exact) mass is 399 g/mol. The van der Waals surface area contributed by atoms with Crippen molar-refractivity contribution in [1.82, 2.24) is 9.78 Å². The molecule has 0 saturated heterocycles. The Labute approximate surface area is 173 Å². The van der Waals surface area contributed by atoms with Crippen LogP contribution in [0.15, 0.2) is 83.7 Å². The van der Waals surface area contributed by atoms with Crippen LogP contribution in [-0.2, 0) is 11.3 Å². The Hall–Kier alpha value is -3.93. The summed E-state index contributed by atoms with van der Waals surface area (Å²) in [4.78, 5) is 24.9. The molecule has 3 aromatic carbocycles. The molecule has 6 heteroatoms. The largest absolute Gasteiger partial charge is 0.494 e. The number of anilines is 1. The lowest BCUT2D eigenvalue weighted by molar-refractivity contribution is -0.117. The molecule has 1 amide bonds. The number of nitrogens with one attached hydrogen (secondary N) is 1. The Morgan fingerprint density at radius 1 is 0.967 bits per heavy atom. The fraction of sp³-hybridized carbons (Fsp3) is 0.125. The number of nitrogens with zero attached hydrogens (tertiary/aromatic N) is 2. The minimum atomic E-state index is -0.335. The molecule has 0 aliphatic heterocycles. The van der Waals surface area contributed by atoms with Crippen molar-refractivity contribution in [3.8, 4) is 17.0 Å². The van der Waals surface area contributed by atoms with Crippen LogP contribution in [0.1, 0.15) is 6.92 Å². The minimum absolute atomic E-state index is 0.174. The molecular weight excluding hydrogens is 378 g/mol. The summed E-state index contributed by atoms with van der Waals surface area (Å²) in [6, 6.07) is 24.0. The van der Waals surface area contributed by atoms with Gasteiger partial charge >= 0.3 is 0 Å². The lowest BCUT2D eigenvalue weighted by Gasteiger charge is -2.10. The molecule has 150 valence electrons. The Balaban J connectivity index is 1.54. The topological polar surface area (TPSA) is 73.2 Å². The maximum absolute atomic E-state index is 12.6. The highest BCUT2D eigenvalue weighted by atomic mass is 16.5. The van der Waals surface area contributed by atoms with E-state index in [2.05, 4.69) is 10.4 Å². The molecule has 4 aromatic rings. The molecule has 0 aliphatic rings. The molecule has 1 N–H and O–H groups in total. The van der Waals surface area contributed by atoms with Crippen molar-refractivity contribution in [2.75, 3.05) is 11.9 Å². The summed E-state index contributed by atoms with van der Waals surface area (Å²) < 4.78 is 6.62.